The first-order valence-corrected chi connectivity index (χ1v) is 5.75. The van der Waals surface area contributed by atoms with E-state index in [1.54, 1.807) is 12.4 Å². The van der Waals surface area contributed by atoms with Crippen molar-refractivity contribution < 1.29 is 0 Å². The molecule has 1 fully saturated rings. The topological polar surface area (TPSA) is 28.2 Å². The zero-order chi connectivity index (χ0) is 10.5. The zero-order valence-corrected chi connectivity index (χ0v) is 12.0. The molecule has 98 valence electrons. The molecule has 1 aliphatic heterocycles. The van der Waals surface area contributed by atoms with E-state index in [1.807, 2.05) is 6.07 Å². The zero-order valence-electron chi connectivity index (χ0n) is 9.56. The van der Waals surface area contributed by atoms with Gasteiger partial charge in [0.2, 0.25) is 0 Å². The molecular formula is C11H18Cl3N3. The summed E-state index contributed by atoms with van der Waals surface area (Å²) in [7, 11) is 0. The van der Waals surface area contributed by atoms with Crippen molar-refractivity contribution in [3.05, 3.63) is 29.0 Å². The minimum atomic E-state index is 0. The molecule has 1 aliphatic rings. The average molecular weight is 299 g/mol. The van der Waals surface area contributed by atoms with Gasteiger partial charge in [0.1, 0.15) is 0 Å². The van der Waals surface area contributed by atoms with Crippen LogP contribution in [0.4, 0.5) is 0 Å². The second-order valence-corrected chi connectivity index (χ2v) is 4.25. The van der Waals surface area contributed by atoms with Crippen molar-refractivity contribution in [2.75, 3.05) is 26.2 Å². The summed E-state index contributed by atoms with van der Waals surface area (Å²) < 4.78 is 0. The number of hydrogen-bond donors (Lipinski definition) is 1. The van der Waals surface area contributed by atoms with Gasteiger partial charge in [-0.15, -0.1) is 24.8 Å². The predicted molar refractivity (Wildman–Crippen MR) is 76.5 cm³/mol. The molecule has 6 heteroatoms. The Balaban J connectivity index is 0.00000128. The lowest BCUT2D eigenvalue weighted by molar-refractivity contribution is 0.284. The van der Waals surface area contributed by atoms with E-state index >= 15 is 0 Å². The third-order valence-corrected chi connectivity index (χ3v) is 3.02. The van der Waals surface area contributed by atoms with Crippen LogP contribution in [0.25, 0.3) is 0 Å². The van der Waals surface area contributed by atoms with Gasteiger partial charge in [-0.2, -0.15) is 0 Å². The third-order valence-electron chi connectivity index (χ3n) is 2.68. The van der Waals surface area contributed by atoms with Crippen molar-refractivity contribution in [3.8, 4) is 0 Å². The van der Waals surface area contributed by atoms with Gasteiger partial charge >= 0.3 is 0 Å². The fraction of sp³-hybridized carbons (Fsp3) is 0.545. The smallest absolute Gasteiger partial charge is 0.0634 e. The Morgan fingerprint density at radius 1 is 1.29 bits per heavy atom. The van der Waals surface area contributed by atoms with Crippen LogP contribution in [-0.4, -0.2) is 36.1 Å². The van der Waals surface area contributed by atoms with Crippen molar-refractivity contribution in [2.45, 2.75) is 13.0 Å². The molecule has 3 nitrogen and oxygen atoms in total. The molecular weight excluding hydrogens is 281 g/mol. The first kappa shape index (κ1) is 16.9. The summed E-state index contributed by atoms with van der Waals surface area (Å²) in [5, 5.41) is 4.16. The van der Waals surface area contributed by atoms with Gasteiger partial charge in [0.05, 0.1) is 5.02 Å². The number of aromatic nitrogens is 1. The molecule has 1 aromatic rings. The van der Waals surface area contributed by atoms with Gasteiger partial charge < -0.3 is 5.32 Å². The molecule has 0 radical (unpaired) electrons. The Labute approximate surface area is 120 Å². The van der Waals surface area contributed by atoms with E-state index in [0.29, 0.717) is 0 Å². The van der Waals surface area contributed by atoms with E-state index in [-0.39, 0.29) is 24.8 Å². The number of hydrogen-bond acceptors (Lipinski definition) is 3. The Hall–Kier alpha value is -0.0600. The maximum absolute atomic E-state index is 6.08. The van der Waals surface area contributed by atoms with Gasteiger partial charge in [0.25, 0.3) is 0 Å². The van der Waals surface area contributed by atoms with Gasteiger partial charge in [-0.05, 0) is 31.1 Å². The summed E-state index contributed by atoms with van der Waals surface area (Å²) in [5.41, 5.74) is 1.17. The monoisotopic (exact) mass is 297 g/mol. The summed E-state index contributed by atoms with van der Waals surface area (Å²) in [5.74, 6) is 0. The highest BCUT2D eigenvalue weighted by Crippen LogP contribution is 2.15. The van der Waals surface area contributed by atoms with Gasteiger partial charge in [-0.1, -0.05) is 11.6 Å². The molecule has 0 amide bonds. The van der Waals surface area contributed by atoms with Crippen molar-refractivity contribution in [1.82, 2.24) is 15.2 Å². The molecule has 0 atom stereocenters. The first-order chi connectivity index (χ1) is 7.36. The maximum atomic E-state index is 6.08. The van der Waals surface area contributed by atoms with Crippen LogP contribution in [0, 0.1) is 0 Å². The standard InChI is InChI=1S/C11H16ClN3.2ClH/c12-11-8-14-4-2-10(11)9-15-6-1-3-13-5-7-15;;/h2,4,8,13H,1,3,5-7,9H2;2*1H. The molecule has 1 saturated heterocycles. The fourth-order valence-electron chi connectivity index (χ4n) is 1.83. The second-order valence-electron chi connectivity index (χ2n) is 3.85. The molecule has 0 bridgehead atoms. The highest BCUT2D eigenvalue weighted by atomic mass is 35.5. The van der Waals surface area contributed by atoms with Crippen LogP contribution in [0.2, 0.25) is 5.02 Å². The molecule has 0 unspecified atom stereocenters. The van der Waals surface area contributed by atoms with Crippen LogP contribution in [0.1, 0.15) is 12.0 Å². The summed E-state index contributed by atoms with van der Waals surface area (Å²) in [4.78, 5) is 6.43. The molecule has 0 aromatic carbocycles. The van der Waals surface area contributed by atoms with Crippen LogP contribution in [0.15, 0.2) is 18.5 Å². The lowest BCUT2D eigenvalue weighted by Crippen LogP contribution is -2.27. The largest absolute Gasteiger partial charge is 0.315 e. The quantitative estimate of drug-likeness (QED) is 0.908. The predicted octanol–water partition coefficient (Wildman–Crippen LogP) is 2.37. The molecule has 1 aromatic heterocycles. The lowest BCUT2D eigenvalue weighted by Gasteiger charge is -2.19. The van der Waals surface area contributed by atoms with Crippen molar-refractivity contribution in [2.24, 2.45) is 0 Å². The summed E-state index contributed by atoms with van der Waals surface area (Å²) in [6.07, 6.45) is 4.73. The second kappa shape index (κ2) is 8.95. The highest BCUT2D eigenvalue weighted by molar-refractivity contribution is 6.31. The Morgan fingerprint density at radius 3 is 2.88 bits per heavy atom. The number of pyridine rings is 1. The first-order valence-electron chi connectivity index (χ1n) is 5.38. The molecule has 17 heavy (non-hydrogen) atoms. The Bertz CT molecular complexity index is 315. The summed E-state index contributed by atoms with van der Waals surface area (Å²) in [6.45, 7) is 5.37. The minimum absolute atomic E-state index is 0. The molecule has 0 saturated carbocycles. The molecule has 2 heterocycles. The third kappa shape index (κ3) is 5.40. The Kier molecular flexibility index (Phi) is 8.92. The van der Waals surface area contributed by atoms with E-state index in [9.17, 15) is 0 Å². The van der Waals surface area contributed by atoms with Crippen LogP contribution >= 0.6 is 36.4 Å². The molecule has 0 aliphatic carbocycles. The molecule has 0 spiro atoms. The Morgan fingerprint density at radius 2 is 2.12 bits per heavy atom. The van der Waals surface area contributed by atoms with Gasteiger partial charge in [-0.25, -0.2) is 0 Å². The van der Waals surface area contributed by atoms with Crippen LogP contribution in [0.5, 0.6) is 0 Å². The van der Waals surface area contributed by atoms with E-state index < -0.39 is 0 Å². The van der Waals surface area contributed by atoms with Gasteiger partial charge in [-0.3, -0.25) is 9.88 Å². The average Bonchev–Trinajstić information content (AvgIpc) is 2.50. The SMILES string of the molecule is Cl.Cl.Clc1cnccc1CN1CCCNCC1. The summed E-state index contributed by atoms with van der Waals surface area (Å²) in [6, 6.07) is 2.00. The van der Waals surface area contributed by atoms with Gasteiger partial charge in [0, 0.05) is 32.0 Å². The minimum Gasteiger partial charge on any atom is -0.315 e. The van der Waals surface area contributed by atoms with Crippen molar-refractivity contribution in [1.29, 1.82) is 0 Å². The van der Waals surface area contributed by atoms with Crippen LogP contribution in [-0.2, 0) is 6.54 Å². The van der Waals surface area contributed by atoms with E-state index in [1.165, 1.54) is 12.0 Å². The van der Waals surface area contributed by atoms with Crippen LogP contribution < -0.4 is 5.32 Å². The maximum Gasteiger partial charge on any atom is 0.0634 e. The normalized spacial score (nSPS) is 16.5. The van der Waals surface area contributed by atoms with E-state index in [2.05, 4.69) is 15.2 Å². The number of rotatable bonds is 2. The van der Waals surface area contributed by atoms with Gasteiger partial charge in [0.15, 0.2) is 0 Å². The molecule has 1 N–H and O–H groups in total. The number of nitrogens with one attached hydrogen (secondary N) is 1. The van der Waals surface area contributed by atoms with Crippen molar-refractivity contribution >= 4 is 36.4 Å². The number of nitrogens with zero attached hydrogens (tertiary/aromatic N) is 2. The fourth-order valence-corrected chi connectivity index (χ4v) is 2.01. The lowest BCUT2D eigenvalue weighted by atomic mass is 10.2. The summed E-state index contributed by atoms with van der Waals surface area (Å²) >= 11 is 6.08. The van der Waals surface area contributed by atoms with Crippen molar-refractivity contribution in [3.63, 3.8) is 0 Å². The number of halogens is 3. The van der Waals surface area contributed by atoms with Crippen LogP contribution in [0.3, 0.4) is 0 Å². The highest BCUT2D eigenvalue weighted by Gasteiger charge is 2.10. The molecule has 2 rings (SSSR count). The van der Waals surface area contributed by atoms with E-state index in [4.69, 9.17) is 11.6 Å². The van der Waals surface area contributed by atoms with E-state index in [0.717, 1.165) is 37.7 Å².